The molecule has 5 heteroatoms. The molecule has 1 aliphatic carbocycles. The molecule has 1 saturated carbocycles. The Morgan fingerprint density at radius 3 is 2.55 bits per heavy atom. The van der Waals surface area contributed by atoms with Gasteiger partial charge in [-0.1, -0.05) is 13.3 Å². The molecule has 0 aromatic carbocycles. The molecule has 1 amide bonds. The number of guanidine groups is 1. The summed E-state index contributed by atoms with van der Waals surface area (Å²) in [4.78, 5) is 18.1. The van der Waals surface area contributed by atoms with Gasteiger partial charge in [-0.15, -0.1) is 0 Å². The first kappa shape index (κ1) is 16.8. The summed E-state index contributed by atoms with van der Waals surface area (Å²) in [5, 5.41) is 6.40. The lowest BCUT2D eigenvalue weighted by atomic mass is 10.1. The molecule has 1 rings (SSSR count). The van der Waals surface area contributed by atoms with Gasteiger partial charge in [-0.2, -0.15) is 0 Å². The predicted molar refractivity (Wildman–Crippen MR) is 83.8 cm³/mol. The third-order valence-corrected chi connectivity index (χ3v) is 3.37. The summed E-state index contributed by atoms with van der Waals surface area (Å²) >= 11 is 0. The SMILES string of the molecule is CCCC1CC1NC(=NC)N(C)CC(=O)NC(C)(C)C. The maximum atomic E-state index is 11.9. The minimum Gasteiger partial charge on any atom is -0.353 e. The molecular weight excluding hydrogens is 252 g/mol. The second-order valence-electron chi connectivity index (χ2n) is 6.74. The van der Waals surface area contributed by atoms with E-state index in [-0.39, 0.29) is 11.4 Å². The van der Waals surface area contributed by atoms with Gasteiger partial charge in [-0.3, -0.25) is 9.79 Å². The highest BCUT2D eigenvalue weighted by atomic mass is 16.2. The molecule has 5 nitrogen and oxygen atoms in total. The van der Waals surface area contributed by atoms with Crippen molar-refractivity contribution < 1.29 is 4.79 Å². The number of carbonyl (C=O) groups excluding carboxylic acids is 1. The van der Waals surface area contributed by atoms with E-state index in [0.29, 0.717) is 12.6 Å². The van der Waals surface area contributed by atoms with Gasteiger partial charge in [0.25, 0.3) is 0 Å². The second kappa shape index (κ2) is 6.95. The maximum absolute atomic E-state index is 11.9. The number of hydrogen-bond donors (Lipinski definition) is 2. The van der Waals surface area contributed by atoms with E-state index < -0.39 is 0 Å². The average molecular weight is 282 g/mol. The number of nitrogens with zero attached hydrogens (tertiary/aromatic N) is 2. The number of amides is 1. The van der Waals surface area contributed by atoms with Gasteiger partial charge in [0.1, 0.15) is 0 Å². The molecule has 1 fully saturated rings. The molecule has 1 aliphatic rings. The fraction of sp³-hybridized carbons (Fsp3) is 0.867. The quantitative estimate of drug-likeness (QED) is 0.595. The highest BCUT2D eigenvalue weighted by molar-refractivity contribution is 5.86. The standard InChI is InChI=1S/C15H30N4O/c1-7-8-11-9-12(11)17-14(16-5)19(6)10-13(20)18-15(2,3)4/h11-12H,7-10H2,1-6H3,(H,16,17)(H,18,20). The van der Waals surface area contributed by atoms with Crippen LogP contribution in [-0.2, 0) is 4.79 Å². The summed E-state index contributed by atoms with van der Waals surface area (Å²) in [5.74, 6) is 1.59. The molecule has 2 atom stereocenters. The van der Waals surface area contributed by atoms with Gasteiger partial charge in [0.2, 0.25) is 5.91 Å². The van der Waals surface area contributed by atoms with Crippen molar-refractivity contribution in [2.75, 3.05) is 20.6 Å². The number of rotatable bonds is 5. The topological polar surface area (TPSA) is 56.7 Å². The average Bonchev–Trinajstić information content (AvgIpc) is 3.01. The Bertz CT molecular complexity index is 359. The molecular formula is C15H30N4O. The Kier molecular flexibility index (Phi) is 5.84. The number of likely N-dealkylation sites (N-methyl/N-ethyl adjacent to an activating group) is 1. The molecule has 0 aliphatic heterocycles. The van der Waals surface area contributed by atoms with E-state index in [2.05, 4.69) is 22.5 Å². The summed E-state index contributed by atoms with van der Waals surface area (Å²) in [5.41, 5.74) is -0.197. The first-order valence-corrected chi connectivity index (χ1v) is 7.52. The molecule has 0 spiro atoms. The molecule has 0 aromatic heterocycles. The Morgan fingerprint density at radius 2 is 2.05 bits per heavy atom. The molecule has 0 radical (unpaired) electrons. The highest BCUT2D eigenvalue weighted by Gasteiger charge is 2.37. The van der Waals surface area contributed by atoms with Crippen LogP contribution in [0.4, 0.5) is 0 Å². The number of hydrogen-bond acceptors (Lipinski definition) is 2. The van der Waals surface area contributed by atoms with E-state index in [1.807, 2.05) is 32.7 Å². The van der Waals surface area contributed by atoms with Gasteiger partial charge < -0.3 is 15.5 Å². The van der Waals surface area contributed by atoms with Gasteiger partial charge >= 0.3 is 0 Å². The van der Waals surface area contributed by atoms with Crippen molar-refractivity contribution in [1.82, 2.24) is 15.5 Å². The van der Waals surface area contributed by atoms with Crippen LogP contribution in [0.15, 0.2) is 4.99 Å². The fourth-order valence-corrected chi connectivity index (χ4v) is 2.37. The molecule has 116 valence electrons. The fourth-order valence-electron chi connectivity index (χ4n) is 2.37. The van der Waals surface area contributed by atoms with Gasteiger partial charge in [0.15, 0.2) is 5.96 Å². The van der Waals surface area contributed by atoms with Crippen molar-refractivity contribution in [3.63, 3.8) is 0 Å². The minimum absolute atomic E-state index is 0.0175. The van der Waals surface area contributed by atoms with E-state index in [1.54, 1.807) is 7.05 Å². The van der Waals surface area contributed by atoms with E-state index in [4.69, 9.17) is 0 Å². The molecule has 2 N–H and O–H groups in total. The molecule has 0 saturated heterocycles. The molecule has 0 heterocycles. The van der Waals surface area contributed by atoms with Gasteiger partial charge in [-0.25, -0.2) is 0 Å². The first-order chi connectivity index (χ1) is 9.26. The Balaban J connectivity index is 2.40. The van der Waals surface area contributed by atoms with Crippen LogP contribution >= 0.6 is 0 Å². The van der Waals surface area contributed by atoms with Crippen LogP contribution in [0.1, 0.15) is 47.0 Å². The molecule has 20 heavy (non-hydrogen) atoms. The summed E-state index contributed by atoms with van der Waals surface area (Å²) in [7, 11) is 3.66. The van der Waals surface area contributed by atoms with Crippen molar-refractivity contribution in [2.24, 2.45) is 10.9 Å². The third-order valence-electron chi connectivity index (χ3n) is 3.37. The van der Waals surface area contributed by atoms with E-state index in [1.165, 1.54) is 19.3 Å². The van der Waals surface area contributed by atoms with Crippen LogP contribution in [0, 0.1) is 5.92 Å². The summed E-state index contributed by atoms with van der Waals surface area (Å²) < 4.78 is 0. The van der Waals surface area contributed by atoms with Crippen molar-refractivity contribution in [2.45, 2.75) is 58.5 Å². The predicted octanol–water partition coefficient (Wildman–Crippen LogP) is 1.60. The lowest BCUT2D eigenvalue weighted by molar-refractivity contribution is -0.122. The summed E-state index contributed by atoms with van der Waals surface area (Å²) in [6.45, 7) is 8.49. The second-order valence-corrected chi connectivity index (χ2v) is 6.74. The smallest absolute Gasteiger partial charge is 0.240 e. The molecule has 0 bridgehead atoms. The number of aliphatic imine (C=N–C) groups is 1. The van der Waals surface area contributed by atoms with Crippen LogP contribution in [0.3, 0.4) is 0 Å². The number of carbonyl (C=O) groups is 1. The zero-order valence-electron chi connectivity index (χ0n) is 13.8. The third kappa shape index (κ3) is 5.80. The van der Waals surface area contributed by atoms with Crippen molar-refractivity contribution >= 4 is 11.9 Å². The van der Waals surface area contributed by atoms with Crippen LogP contribution in [-0.4, -0.2) is 49.0 Å². The summed E-state index contributed by atoms with van der Waals surface area (Å²) in [6, 6.07) is 0.529. The Labute approximate surface area is 123 Å². The van der Waals surface area contributed by atoms with Gasteiger partial charge in [0, 0.05) is 25.7 Å². The highest BCUT2D eigenvalue weighted by Crippen LogP contribution is 2.34. The van der Waals surface area contributed by atoms with Crippen LogP contribution in [0.2, 0.25) is 0 Å². The zero-order valence-corrected chi connectivity index (χ0v) is 13.8. The van der Waals surface area contributed by atoms with E-state index >= 15 is 0 Å². The molecule has 0 aromatic rings. The van der Waals surface area contributed by atoms with Crippen molar-refractivity contribution in [3.05, 3.63) is 0 Å². The molecule has 2 unspecified atom stereocenters. The van der Waals surface area contributed by atoms with E-state index in [9.17, 15) is 4.79 Å². The maximum Gasteiger partial charge on any atom is 0.240 e. The van der Waals surface area contributed by atoms with Crippen molar-refractivity contribution in [1.29, 1.82) is 0 Å². The lowest BCUT2D eigenvalue weighted by Crippen LogP contribution is -2.49. The van der Waals surface area contributed by atoms with Gasteiger partial charge in [0.05, 0.1) is 6.54 Å². The van der Waals surface area contributed by atoms with Crippen molar-refractivity contribution in [3.8, 4) is 0 Å². The minimum atomic E-state index is -0.197. The van der Waals surface area contributed by atoms with Crippen LogP contribution in [0.5, 0.6) is 0 Å². The van der Waals surface area contributed by atoms with E-state index in [0.717, 1.165) is 11.9 Å². The normalized spacial score (nSPS) is 22.4. The van der Waals surface area contributed by atoms with Gasteiger partial charge in [-0.05, 0) is 39.5 Å². The summed E-state index contributed by atoms with van der Waals surface area (Å²) in [6.07, 6.45) is 3.71. The lowest BCUT2D eigenvalue weighted by Gasteiger charge is -2.25. The first-order valence-electron chi connectivity index (χ1n) is 7.52. The largest absolute Gasteiger partial charge is 0.353 e. The number of nitrogens with one attached hydrogen (secondary N) is 2. The van der Waals surface area contributed by atoms with Crippen LogP contribution < -0.4 is 10.6 Å². The Morgan fingerprint density at radius 1 is 1.40 bits per heavy atom. The van der Waals surface area contributed by atoms with Crippen LogP contribution in [0.25, 0.3) is 0 Å². The monoisotopic (exact) mass is 282 g/mol. The zero-order chi connectivity index (χ0) is 15.3. The Hall–Kier alpha value is -1.26.